The molecule has 2 atom stereocenters. The van der Waals surface area contributed by atoms with E-state index in [-0.39, 0.29) is 0 Å². The van der Waals surface area contributed by atoms with Crippen LogP contribution in [0.3, 0.4) is 0 Å². The predicted octanol–water partition coefficient (Wildman–Crippen LogP) is 1.40. The van der Waals surface area contributed by atoms with Crippen molar-refractivity contribution in [3.63, 3.8) is 0 Å². The summed E-state index contributed by atoms with van der Waals surface area (Å²) in [5, 5.41) is 3.66. The summed E-state index contributed by atoms with van der Waals surface area (Å²) in [6.45, 7) is 9.99. The fourth-order valence-electron chi connectivity index (χ4n) is 3.30. The van der Waals surface area contributed by atoms with Crippen molar-refractivity contribution in [2.75, 3.05) is 46.3 Å². The number of rotatable bonds is 3. The third kappa shape index (κ3) is 4.23. The molecule has 1 N–H and O–H groups in total. The fourth-order valence-corrected chi connectivity index (χ4v) is 3.30. The topological polar surface area (TPSA) is 18.5 Å². The summed E-state index contributed by atoms with van der Waals surface area (Å²) in [5.41, 5.74) is 0. The third-order valence-corrected chi connectivity index (χ3v) is 4.29. The quantitative estimate of drug-likeness (QED) is 0.803. The summed E-state index contributed by atoms with van der Waals surface area (Å²) in [5.74, 6) is 0.907. The monoisotopic (exact) mass is 239 g/mol. The smallest absolute Gasteiger partial charge is 0.0192 e. The lowest BCUT2D eigenvalue weighted by Crippen LogP contribution is -2.42. The lowest BCUT2D eigenvalue weighted by Gasteiger charge is -2.34. The highest BCUT2D eigenvalue weighted by Crippen LogP contribution is 2.17. The maximum Gasteiger partial charge on any atom is 0.0192 e. The van der Waals surface area contributed by atoms with E-state index in [1.54, 1.807) is 0 Å². The maximum atomic E-state index is 3.66. The van der Waals surface area contributed by atoms with Crippen LogP contribution in [0.4, 0.5) is 0 Å². The van der Waals surface area contributed by atoms with Crippen LogP contribution < -0.4 is 5.32 Å². The fraction of sp³-hybridized carbons (Fsp3) is 1.00. The van der Waals surface area contributed by atoms with Crippen molar-refractivity contribution in [2.45, 2.75) is 38.6 Å². The Morgan fingerprint density at radius 3 is 2.82 bits per heavy atom. The van der Waals surface area contributed by atoms with Crippen molar-refractivity contribution >= 4 is 0 Å². The highest BCUT2D eigenvalue weighted by molar-refractivity contribution is 4.79. The molecule has 0 aromatic carbocycles. The second-order valence-electron chi connectivity index (χ2n) is 5.94. The minimum Gasteiger partial charge on any atom is -0.313 e. The van der Waals surface area contributed by atoms with Crippen molar-refractivity contribution in [1.29, 1.82) is 0 Å². The summed E-state index contributed by atoms with van der Waals surface area (Å²) in [7, 11) is 2.27. The van der Waals surface area contributed by atoms with Crippen molar-refractivity contribution in [1.82, 2.24) is 15.1 Å². The molecule has 0 saturated carbocycles. The number of hydrogen-bond acceptors (Lipinski definition) is 3. The van der Waals surface area contributed by atoms with Crippen molar-refractivity contribution in [3.05, 3.63) is 0 Å². The maximum absolute atomic E-state index is 3.66. The van der Waals surface area contributed by atoms with Gasteiger partial charge in [0.1, 0.15) is 0 Å². The molecule has 2 fully saturated rings. The van der Waals surface area contributed by atoms with Gasteiger partial charge in [0, 0.05) is 25.7 Å². The van der Waals surface area contributed by atoms with E-state index >= 15 is 0 Å². The average molecular weight is 239 g/mol. The van der Waals surface area contributed by atoms with Gasteiger partial charge in [0.05, 0.1) is 0 Å². The zero-order chi connectivity index (χ0) is 12.1. The highest BCUT2D eigenvalue weighted by atomic mass is 15.2. The lowest BCUT2D eigenvalue weighted by molar-refractivity contribution is 0.150. The minimum absolute atomic E-state index is 0.721. The van der Waals surface area contributed by atoms with Crippen LogP contribution in [0.15, 0.2) is 0 Å². The number of nitrogens with one attached hydrogen (secondary N) is 1. The van der Waals surface area contributed by atoms with Gasteiger partial charge in [-0.05, 0) is 58.3 Å². The molecule has 2 heterocycles. The van der Waals surface area contributed by atoms with Crippen LogP contribution >= 0.6 is 0 Å². The zero-order valence-electron chi connectivity index (χ0n) is 11.6. The number of piperidine rings is 1. The Labute approximate surface area is 107 Å². The van der Waals surface area contributed by atoms with E-state index in [9.17, 15) is 0 Å². The van der Waals surface area contributed by atoms with Crippen molar-refractivity contribution < 1.29 is 0 Å². The molecule has 0 amide bonds. The zero-order valence-corrected chi connectivity index (χ0v) is 11.6. The van der Waals surface area contributed by atoms with E-state index in [1.165, 1.54) is 65.0 Å². The first-order chi connectivity index (χ1) is 8.28. The van der Waals surface area contributed by atoms with Gasteiger partial charge >= 0.3 is 0 Å². The number of nitrogens with zero attached hydrogens (tertiary/aromatic N) is 2. The Morgan fingerprint density at radius 2 is 2.06 bits per heavy atom. The van der Waals surface area contributed by atoms with Gasteiger partial charge in [0.2, 0.25) is 0 Å². The Kier molecular flexibility index (Phi) is 5.26. The Morgan fingerprint density at radius 1 is 1.18 bits per heavy atom. The summed E-state index contributed by atoms with van der Waals surface area (Å²) in [6.07, 6.45) is 5.41. The van der Waals surface area contributed by atoms with Crippen molar-refractivity contribution in [3.8, 4) is 0 Å². The summed E-state index contributed by atoms with van der Waals surface area (Å²) >= 11 is 0. The average Bonchev–Trinajstić information content (AvgIpc) is 2.54. The number of hydrogen-bond donors (Lipinski definition) is 1. The van der Waals surface area contributed by atoms with Gasteiger partial charge in [-0.3, -0.25) is 0 Å². The Hall–Kier alpha value is -0.120. The van der Waals surface area contributed by atoms with E-state index in [1.807, 2.05) is 0 Å². The van der Waals surface area contributed by atoms with Crippen molar-refractivity contribution in [2.24, 2.45) is 5.92 Å². The van der Waals surface area contributed by atoms with Gasteiger partial charge in [0.25, 0.3) is 0 Å². The second-order valence-corrected chi connectivity index (χ2v) is 5.94. The third-order valence-electron chi connectivity index (χ3n) is 4.29. The molecule has 3 nitrogen and oxygen atoms in total. The van der Waals surface area contributed by atoms with Gasteiger partial charge in [0.15, 0.2) is 0 Å². The van der Waals surface area contributed by atoms with Gasteiger partial charge in [-0.2, -0.15) is 0 Å². The first-order valence-electron chi connectivity index (χ1n) is 7.42. The molecular formula is C14H29N3. The Bertz CT molecular complexity index is 220. The molecule has 2 unspecified atom stereocenters. The molecule has 0 spiro atoms. The summed E-state index contributed by atoms with van der Waals surface area (Å²) in [4.78, 5) is 5.21. The molecule has 0 radical (unpaired) electrons. The lowest BCUT2D eigenvalue weighted by atomic mass is 9.97. The highest BCUT2D eigenvalue weighted by Gasteiger charge is 2.22. The van der Waals surface area contributed by atoms with E-state index in [0.29, 0.717) is 0 Å². The van der Waals surface area contributed by atoms with E-state index in [0.717, 1.165) is 12.0 Å². The molecule has 2 aliphatic rings. The van der Waals surface area contributed by atoms with Crippen LogP contribution in [-0.4, -0.2) is 62.2 Å². The van der Waals surface area contributed by atoms with Gasteiger partial charge in [-0.1, -0.05) is 6.92 Å². The van der Waals surface area contributed by atoms with E-state index in [2.05, 4.69) is 29.1 Å². The normalized spacial score (nSPS) is 33.5. The minimum atomic E-state index is 0.721. The summed E-state index contributed by atoms with van der Waals surface area (Å²) < 4.78 is 0. The molecule has 3 heteroatoms. The molecule has 17 heavy (non-hydrogen) atoms. The molecule has 2 rings (SSSR count). The SMILES string of the molecule is CCC1CN(CC2CCCN(C)C2)CCCN1. The van der Waals surface area contributed by atoms with Crippen LogP contribution in [0.1, 0.15) is 32.6 Å². The van der Waals surface area contributed by atoms with Crippen LogP contribution in [0.2, 0.25) is 0 Å². The molecule has 0 aromatic rings. The van der Waals surface area contributed by atoms with Gasteiger partial charge in [-0.15, -0.1) is 0 Å². The standard InChI is InChI=1S/C14H29N3/c1-3-14-12-17(9-5-7-15-14)11-13-6-4-8-16(2)10-13/h13-15H,3-12H2,1-2H3. The van der Waals surface area contributed by atoms with E-state index < -0.39 is 0 Å². The second kappa shape index (κ2) is 6.72. The Balaban J connectivity index is 1.79. The number of likely N-dealkylation sites (tertiary alicyclic amines) is 1. The molecule has 0 aromatic heterocycles. The molecule has 2 aliphatic heterocycles. The van der Waals surface area contributed by atoms with Crippen LogP contribution in [0.25, 0.3) is 0 Å². The summed E-state index contributed by atoms with van der Waals surface area (Å²) in [6, 6.07) is 0.721. The molecule has 2 saturated heterocycles. The van der Waals surface area contributed by atoms with Crippen LogP contribution in [0, 0.1) is 5.92 Å². The van der Waals surface area contributed by atoms with Crippen LogP contribution in [0.5, 0.6) is 0 Å². The first-order valence-corrected chi connectivity index (χ1v) is 7.42. The molecule has 100 valence electrons. The van der Waals surface area contributed by atoms with Gasteiger partial charge in [-0.25, -0.2) is 0 Å². The van der Waals surface area contributed by atoms with Crippen LogP contribution in [-0.2, 0) is 0 Å². The first kappa shape index (κ1) is 13.3. The molecule has 0 bridgehead atoms. The molecular weight excluding hydrogens is 210 g/mol. The van der Waals surface area contributed by atoms with E-state index in [4.69, 9.17) is 0 Å². The largest absolute Gasteiger partial charge is 0.313 e. The molecule has 0 aliphatic carbocycles. The predicted molar refractivity (Wildman–Crippen MR) is 73.4 cm³/mol. The van der Waals surface area contributed by atoms with Gasteiger partial charge < -0.3 is 15.1 Å².